The number of methoxy groups -OCH3 is 1. The molecule has 0 atom stereocenters. The number of nitrogens with zero attached hydrogens (tertiary/aromatic N) is 3. The quantitative estimate of drug-likeness (QED) is 0.422. The fraction of sp³-hybridized carbons (Fsp3) is 0.391. The molecule has 0 fully saturated rings. The number of hydrogen-bond donors (Lipinski definition) is 2. The second kappa shape index (κ2) is 11.7. The fourth-order valence-electron chi connectivity index (χ4n) is 3.44. The molecule has 182 valence electrons. The van der Waals surface area contributed by atoms with Crippen LogP contribution in [0.5, 0.6) is 0 Å². The van der Waals surface area contributed by atoms with E-state index < -0.39 is 11.2 Å². The highest BCUT2D eigenvalue weighted by molar-refractivity contribution is 6.30. The zero-order valence-corrected chi connectivity index (χ0v) is 19.9. The number of benzene rings is 1. The van der Waals surface area contributed by atoms with Gasteiger partial charge in [-0.15, -0.1) is 0 Å². The molecule has 3 N–H and O–H groups in total. The van der Waals surface area contributed by atoms with Gasteiger partial charge < -0.3 is 19.8 Å². The van der Waals surface area contributed by atoms with Gasteiger partial charge in [-0.3, -0.25) is 19.1 Å². The van der Waals surface area contributed by atoms with Gasteiger partial charge >= 0.3 is 5.69 Å². The van der Waals surface area contributed by atoms with E-state index in [1.165, 1.54) is 16.6 Å². The lowest BCUT2D eigenvalue weighted by molar-refractivity contribution is -0.118. The van der Waals surface area contributed by atoms with Crippen LogP contribution in [0.3, 0.4) is 0 Å². The number of nitrogens with one attached hydrogen (secondary N) is 1. The van der Waals surface area contributed by atoms with Gasteiger partial charge in [0.25, 0.3) is 5.56 Å². The number of unbranched alkanes of at least 4 members (excludes halogenated alkanes) is 1. The average Bonchev–Trinajstić information content (AvgIpc) is 3.29. The van der Waals surface area contributed by atoms with Crippen molar-refractivity contribution in [2.75, 3.05) is 30.9 Å². The maximum atomic E-state index is 13.1. The average molecular weight is 490 g/mol. The Morgan fingerprint density at radius 1 is 1.29 bits per heavy atom. The SMILES string of the molecule is CCCCn1c(N)c(N(CCOC)C(=O)CCc2ncc(-c3ccc(Cl)cc3)o2)c(=O)[nH]c1=O. The predicted molar refractivity (Wildman–Crippen MR) is 130 cm³/mol. The minimum atomic E-state index is -0.721. The lowest BCUT2D eigenvalue weighted by atomic mass is 10.2. The van der Waals surface area contributed by atoms with Gasteiger partial charge in [0.15, 0.2) is 17.3 Å². The monoisotopic (exact) mass is 489 g/mol. The van der Waals surface area contributed by atoms with Crippen molar-refractivity contribution in [3.05, 3.63) is 62.2 Å². The molecule has 11 heteroatoms. The van der Waals surface area contributed by atoms with Crippen LogP contribution in [0.25, 0.3) is 11.3 Å². The van der Waals surface area contributed by atoms with Crippen molar-refractivity contribution >= 4 is 29.0 Å². The van der Waals surface area contributed by atoms with E-state index >= 15 is 0 Å². The number of anilines is 2. The Bertz CT molecular complexity index is 1230. The summed E-state index contributed by atoms with van der Waals surface area (Å²) < 4.78 is 12.2. The molecule has 2 heterocycles. The van der Waals surface area contributed by atoms with Crippen LogP contribution in [0.2, 0.25) is 5.02 Å². The zero-order chi connectivity index (χ0) is 24.7. The lowest BCUT2D eigenvalue weighted by Crippen LogP contribution is -2.42. The van der Waals surface area contributed by atoms with Gasteiger partial charge in [-0.05, 0) is 30.7 Å². The Labute approximate surface area is 201 Å². The van der Waals surface area contributed by atoms with E-state index in [2.05, 4.69) is 9.97 Å². The minimum Gasteiger partial charge on any atom is -0.441 e. The number of rotatable bonds is 11. The first-order chi connectivity index (χ1) is 16.3. The number of aromatic amines is 1. The Balaban J connectivity index is 1.81. The molecule has 1 aromatic carbocycles. The number of H-pyrrole nitrogens is 1. The molecule has 0 spiro atoms. The topological polar surface area (TPSA) is 136 Å². The first-order valence-electron chi connectivity index (χ1n) is 11.0. The van der Waals surface area contributed by atoms with Crippen LogP contribution >= 0.6 is 11.6 Å². The Hall–Kier alpha value is -3.37. The third-order valence-corrected chi connectivity index (χ3v) is 5.53. The smallest absolute Gasteiger partial charge is 0.330 e. The number of oxazole rings is 1. The molecule has 0 aliphatic heterocycles. The van der Waals surface area contributed by atoms with Crippen LogP contribution in [0.15, 0.2) is 44.5 Å². The molecular formula is C23H28ClN5O5. The number of aromatic nitrogens is 3. The van der Waals surface area contributed by atoms with Crippen molar-refractivity contribution < 1.29 is 13.9 Å². The highest BCUT2D eigenvalue weighted by atomic mass is 35.5. The Morgan fingerprint density at radius 2 is 2.03 bits per heavy atom. The summed E-state index contributed by atoms with van der Waals surface area (Å²) in [6.45, 7) is 2.58. The maximum Gasteiger partial charge on any atom is 0.330 e. The molecule has 0 bridgehead atoms. The summed E-state index contributed by atoms with van der Waals surface area (Å²) in [5.41, 5.74) is 5.61. The van der Waals surface area contributed by atoms with E-state index in [-0.39, 0.29) is 43.4 Å². The molecule has 0 saturated heterocycles. The molecule has 0 aliphatic carbocycles. The van der Waals surface area contributed by atoms with Crippen molar-refractivity contribution in [3.8, 4) is 11.3 Å². The van der Waals surface area contributed by atoms with Gasteiger partial charge in [-0.25, -0.2) is 9.78 Å². The lowest BCUT2D eigenvalue weighted by Gasteiger charge is -2.24. The van der Waals surface area contributed by atoms with Crippen molar-refractivity contribution in [1.29, 1.82) is 0 Å². The van der Waals surface area contributed by atoms with E-state index in [0.29, 0.717) is 29.6 Å². The summed E-state index contributed by atoms with van der Waals surface area (Å²) in [5.74, 6) is 0.507. The van der Waals surface area contributed by atoms with E-state index in [0.717, 1.165) is 12.0 Å². The number of nitrogens with two attached hydrogens (primary N) is 1. The first kappa shape index (κ1) is 25.3. The number of hydrogen-bond acceptors (Lipinski definition) is 7. The molecule has 0 aliphatic rings. The summed E-state index contributed by atoms with van der Waals surface area (Å²) in [6, 6.07) is 7.12. The number of carbonyl (C=O) groups excluding carboxylic acids is 1. The van der Waals surface area contributed by atoms with Crippen LogP contribution in [-0.4, -0.2) is 40.7 Å². The van der Waals surface area contributed by atoms with Crippen LogP contribution in [0.1, 0.15) is 32.1 Å². The number of carbonyl (C=O) groups is 1. The largest absolute Gasteiger partial charge is 0.441 e. The van der Waals surface area contributed by atoms with E-state index in [1.807, 2.05) is 19.1 Å². The standard InChI is InChI=1S/C23H28ClN5O5/c1-3-4-11-29-21(25)20(22(31)27-23(29)32)28(12-13-33-2)19(30)10-9-18-26-14-17(34-18)15-5-7-16(24)8-6-15/h5-8,14H,3-4,9-13,25H2,1-2H3,(H,27,31,32). The van der Waals surface area contributed by atoms with Gasteiger partial charge in [0, 0.05) is 43.6 Å². The first-order valence-corrected chi connectivity index (χ1v) is 11.4. The Kier molecular flexibility index (Phi) is 8.67. The van der Waals surface area contributed by atoms with E-state index in [4.69, 9.17) is 26.5 Å². The van der Waals surface area contributed by atoms with Gasteiger partial charge in [0.2, 0.25) is 5.91 Å². The second-order valence-corrected chi connectivity index (χ2v) is 8.10. The second-order valence-electron chi connectivity index (χ2n) is 7.66. The maximum absolute atomic E-state index is 13.1. The molecular weight excluding hydrogens is 462 g/mol. The highest BCUT2D eigenvalue weighted by Gasteiger charge is 2.24. The predicted octanol–water partition coefficient (Wildman–Crippen LogP) is 2.84. The molecule has 2 aromatic heterocycles. The van der Waals surface area contributed by atoms with Gasteiger partial charge in [-0.2, -0.15) is 0 Å². The molecule has 1 amide bonds. The molecule has 0 radical (unpaired) electrons. The third-order valence-electron chi connectivity index (χ3n) is 5.27. The molecule has 3 rings (SSSR count). The summed E-state index contributed by atoms with van der Waals surface area (Å²) in [6.07, 6.45) is 3.33. The summed E-state index contributed by atoms with van der Waals surface area (Å²) in [4.78, 5) is 45.8. The number of amides is 1. The minimum absolute atomic E-state index is 0.0112. The molecule has 10 nitrogen and oxygen atoms in total. The van der Waals surface area contributed by atoms with Crippen molar-refractivity contribution in [1.82, 2.24) is 14.5 Å². The normalized spacial score (nSPS) is 11.0. The van der Waals surface area contributed by atoms with Crippen molar-refractivity contribution in [2.45, 2.75) is 39.2 Å². The fourth-order valence-corrected chi connectivity index (χ4v) is 3.57. The van der Waals surface area contributed by atoms with Crippen molar-refractivity contribution in [3.63, 3.8) is 0 Å². The van der Waals surface area contributed by atoms with E-state index in [1.54, 1.807) is 18.3 Å². The molecule has 3 aromatic rings. The van der Waals surface area contributed by atoms with Gasteiger partial charge in [0.05, 0.1) is 12.8 Å². The highest BCUT2D eigenvalue weighted by Crippen LogP contribution is 2.23. The van der Waals surface area contributed by atoms with E-state index in [9.17, 15) is 14.4 Å². The summed E-state index contributed by atoms with van der Waals surface area (Å²) in [5, 5.41) is 0.612. The van der Waals surface area contributed by atoms with Gasteiger partial charge in [0.1, 0.15) is 5.82 Å². The van der Waals surface area contributed by atoms with Crippen LogP contribution in [0.4, 0.5) is 11.5 Å². The third kappa shape index (κ3) is 5.95. The van der Waals surface area contributed by atoms with Crippen LogP contribution < -0.4 is 21.9 Å². The Morgan fingerprint density at radius 3 is 2.71 bits per heavy atom. The zero-order valence-electron chi connectivity index (χ0n) is 19.2. The number of ether oxygens (including phenoxy) is 1. The molecule has 34 heavy (non-hydrogen) atoms. The summed E-state index contributed by atoms with van der Waals surface area (Å²) >= 11 is 5.92. The van der Waals surface area contributed by atoms with Crippen LogP contribution in [0, 0.1) is 0 Å². The number of halogens is 1. The van der Waals surface area contributed by atoms with Crippen LogP contribution in [-0.2, 0) is 22.5 Å². The van der Waals surface area contributed by atoms with Crippen molar-refractivity contribution in [2.24, 2.45) is 0 Å². The molecule has 0 unspecified atom stereocenters. The van der Waals surface area contributed by atoms with Gasteiger partial charge in [-0.1, -0.05) is 24.9 Å². The summed E-state index contributed by atoms with van der Waals surface area (Å²) in [7, 11) is 1.49. The number of aryl methyl sites for hydroxylation is 1. The number of nitrogen functional groups attached to an aromatic ring is 1. The molecule has 0 saturated carbocycles.